The summed E-state index contributed by atoms with van der Waals surface area (Å²) < 4.78 is 0. The Morgan fingerprint density at radius 1 is 1.39 bits per heavy atom. The summed E-state index contributed by atoms with van der Waals surface area (Å²) in [5.41, 5.74) is 6.04. The van der Waals surface area contributed by atoms with Gasteiger partial charge in [0.05, 0.1) is 0 Å². The molecule has 104 valence electrons. The average molecular weight is 270 g/mol. The second-order valence-electron chi connectivity index (χ2n) is 5.90. The van der Waals surface area contributed by atoms with Crippen LogP contribution in [-0.4, -0.2) is 28.5 Å². The van der Waals surface area contributed by atoms with E-state index in [-0.39, 0.29) is 11.4 Å². The molecule has 0 radical (unpaired) electrons. The van der Waals surface area contributed by atoms with Gasteiger partial charge in [0, 0.05) is 23.3 Å². The highest BCUT2D eigenvalue weighted by molar-refractivity contribution is 7.99. The predicted molar refractivity (Wildman–Crippen MR) is 77.7 cm³/mol. The Hall–Kier alpha value is -0.220. The molecular formula is C14H26N2OS. The highest BCUT2D eigenvalue weighted by atomic mass is 32.2. The monoisotopic (exact) mass is 270 g/mol. The van der Waals surface area contributed by atoms with Crippen LogP contribution in [0.4, 0.5) is 0 Å². The molecule has 0 heterocycles. The lowest BCUT2D eigenvalue weighted by Crippen LogP contribution is -2.44. The predicted octanol–water partition coefficient (Wildman–Crippen LogP) is 2.44. The van der Waals surface area contributed by atoms with Crippen LogP contribution in [0.5, 0.6) is 0 Å². The number of thioether (sulfide) groups is 1. The van der Waals surface area contributed by atoms with Crippen LogP contribution >= 0.6 is 11.8 Å². The van der Waals surface area contributed by atoms with Crippen molar-refractivity contribution in [3.05, 3.63) is 0 Å². The number of rotatable bonds is 5. The molecular weight excluding hydrogens is 244 g/mol. The zero-order chi connectivity index (χ0) is 13.0. The molecule has 2 aliphatic rings. The molecule has 1 amide bonds. The van der Waals surface area contributed by atoms with Crippen LogP contribution in [0.3, 0.4) is 0 Å². The normalized spacial score (nSPS) is 30.6. The van der Waals surface area contributed by atoms with Crippen LogP contribution in [-0.2, 0) is 4.79 Å². The van der Waals surface area contributed by atoms with Gasteiger partial charge in [-0.15, -0.1) is 0 Å². The van der Waals surface area contributed by atoms with Crippen LogP contribution in [0.15, 0.2) is 0 Å². The van der Waals surface area contributed by atoms with Gasteiger partial charge >= 0.3 is 0 Å². The lowest BCUT2D eigenvalue weighted by molar-refractivity contribution is -0.122. The van der Waals surface area contributed by atoms with Gasteiger partial charge in [0.1, 0.15) is 0 Å². The number of hydrogen-bond donors (Lipinski definition) is 2. The van der Waals surface area contributed by atoms with Crippen LogP contribution in [0.1, 0.15) is 58.3 Å². The first kappa shape index (κ1) is 14.2. The van der Waals surface area contributed by atoms with E-state index in [1.807, 2.05) is 11.8 Å². The fourth-order valence-electron chi connectivity index (χ4n) is 3.31. The van der Waals surface area contributed by atoms with E-state index in [9.17, 15) is 4.79 Å². The van der Waals surface area contributed by atoms with E-state index in [4.69, 9.17) is 5.73 Å². The fraction of sp³-hybridized carbons (Fsp3) is 0.929. The topological polar surface area (TPSA) is 55.1 Å². The van der Waals surface area contributed by atoms with Gasteiger partial charge in [-0.25, -0.2) is 0 Å². The number of hydrogen-bond acceptors (Lipinski definition) is 3. The quantitative estimate of drug-likeness (QED) is 0.807. The summed E-state index contributed by atoms with van der Waals surface area (Å²) in [6.45, 7) is 2.20. The molecule has 2 aliphatic carbocycles. The van der Waals surface area contributed by atoms with Crippen molar-refractivity contribution in [1.29, 1.82) is 0 Å². The second-order valence-corrected chi connectivity index (χ2v) is 7.48. The van der Waals surface area contributed by atoms with Gasteiger partial charge in [0.2, 0.25) is 5.91 Å². The lowest BCUT2D eigenvalue weighted by atomic mass is 9.94. The maximum Gasteiger partial charge on any atom is 0.222 e. The highest BCUT2D eigenvalue weighted by Crippen LogP contribution is 2.32. The van der Waals surface area contributed by atoms with E-state index in [2.05, 4.69) is 12.2 Å². The van der Waals surface area contributed by atoms with E-state index in [0.29, 0.717) is 12.5 Å². The van der Waals surface area contributed by atoms with Crippen molar-refractivity contribution in [2.75, 3.05) is 5.75 Å². The minimum atomic E-state index is -0.208. The molecule has 0 spiro atoms. The Labute approximate surface area is 115 Å². The van der Waals surface area contributed by atoms with Crippen LogP contribution in [0, 0.1) is 0 Å². The molecule has 0 aliphatic heterocycles. The van der Waals surface area contributed by atoms with E-state index in [0.717, 1.165) is 30.9 Å². The van der Waals surface area contributed by atoms with Crippen molar-refractivity contribution in [3.63, 3.8) is 0 Å². The largest absolute Gasteiger partial charge is 0.353 e. The summed E-state index contributed by atoms with van der Waals surface area (Å²) in [6, 6.07) is 0.395. The molecule has 0 saturated heterocycles. The third-order valence-electron chi connectivity index (χ3n) is 4.26. The van der Waals surface area contributed by atoms with E-state index in [1.165, 1.54) is 25.0 Å². The molecule has 0 aromatic carbocycles. The Balaban J connectivity index is 1.71. The van der Waals surface area contributed by atoms with Crippen molar-refractivity contribution < 1.29 is 4.79 Å². The SMILES string of the molecule is CCSC1CCC(NC(=O)CC2(N)CCCC2)C1. The number of nitrogens with one attached hydrogen (secondary N) is 1. The van der Waals surface area contributed by atoms with Crippen molar-refractivity contribution >= 4 is 17.7 Å². The van der Waals surface area contributed by atoms with Gasteiger partial charge in [0.25, 0.3) is 0 Å². The van der Waals surface area contributed by atoms with Crippen LogP contribution < -0.4 is 11.1 Å². The van der Waals surface area contributed by atoms with Gasteiger partial charge < -0.3 is 11.1 Å². The molecule has 2 rings (SSSR count). The third kappa shape index (κ3) is 3.89. The van der Waals surface area contributed by atoms with Gasteiger partial charge in [0.15, 0.2) is 0 Å². The van der Waals surface area contributed by atoms with Gasteiger partial charge in [-0.3, -0.25) is 4.79 Å². The fourth-order valence-corrected chi connectivity index (χ4v) is 4.46. The Morgan fingerprint density at radius 2 is 2.11 bits per heavy atom. The third-order valence-corrected chi connectivity index (χ3v) is 5.50. The molecule has 2 unspecified atom stereocenters. The summed E-state index contributed by atoms with van der Waals surface area (Å²) in [6.07, 6.45) is 8.44. The van der Waals surface area contributed by atoms with Gasteiger partial charge in [-0.05, 0) is 37.9 Å². The second kappa shape index (κ2) is 6.29. The first-order valence-electron chi connectivity index (χ1n) is 7.31. The van der Waals surface area contributed by atoms with Gasteiger partial charge in [-0.1, -0.05) is 19.8 Å². The Kier molecular flexibility index (Phi) is 4.96. The summed E-state index contributed by atoms with van der Waals surface area (Å²) in [4.78, 5) is 12.0. The minimum absolute atomic E-state index is 0.173. The number of amides is 1. The lowest BCUT2D eigenvalue weighted by Gasteiger charge is -2.24. The van der Waals surface area contributed by atoms with E-state index < -0.39 is 0 Å². The molecule has 2 fully saturated rings. The van der Waals surface area contributed by atoms with Crippen LogP contribution in [0.25, 0.3) is 0 Å². The van der Waals surface area contributed by atoms with Crippen molar-refractivity contribution in [2.24, 2.45) is 5.73 Å². The molecule has 0 aromatic heterocycles. The maximum atomic E-state index is 12.0. The first-order valence-corrected chi connectivity index (χ1v) is 8.36. The molecule has 3 N–H and O–H groups in total. The molecule has 0 aromatic rings. The zero-order valence-electron chi connectivity index (χ0n) is 11.4. The molecule has 18 heavy (non-hydrogen) atoms. The summed E-state index contributed by atoms with van der Waals surface area (Å²) >= 11 is 2.03. The maximum absolute atomic E-state index is 12.0. The average Bonchev–Trinajstić information content (AvgIpc) is 2.89. The van der Waals surface area contributed by atoms with E-state index >= 15 is 0 Å². The van der Waals surface area contributed by atoms with Crippen LogP contribution in [0.2, 0.25) is 0 Å². The molecule has 3 nitrogen and oxygen atoms in total. The summed E-state index contributed by atoms with van der Waals surface area (Å²) in [5, 5.41) is 3.94. The first-order chi connectivity index (χ1) is 8.61. The molecule has 4 heteroatoms. The van der Waals surface area contributed by atoms with Crippen molar-refractivity contribution in [1.82, 2.24) is 5.32 Å². The van der Waals surface area contributed by atoms with Gasteiger partial charge in [-0.2, -0.15) is 11.8 Å². The molecule has 0 bridgehead atoms. The Bertz CT molecular complexity index is 290. The number of carbonyl (C=O) groups excluding carboxylic acids is 1. The zero-order valence-corrected chi connectivity index (χ0v) is 12.2. The number of carbonyl (C=O) groups is 1. The van der Waals surface area contributed by atoms with E-state index in [1.54, 1.807) is 0 Å². The standard InChI is InChI=1S/C14H26N2OS/c1-2-18-12-6-5-11(9-12)16-13(17)10-14(15)7-3-4-8-14/h11-12H,2-10,15H2,1H3,(H,16,17). The molecule has 2 saturated carbocycles. The summed E-state index contributed by atoms with van der Waals surface area (Å²) in [7, 11) is 0. The molecule has 2 atom stereocenters. The highest BCUT2D eigenvalue weighted by Gasteiger charge is 2.33. The Morgan fingerprint density at radius 3 is 2.78 bits per heavy atom. The van der Waals surface area contributed by atoms with Crippen molar-refractivity contribution in [3.8, 4) is 0 Å². The van der Waals surface area contributed by atoms with Crippen molar-refractivity contribution in [2.45, 2.75) is 75.1 Å². The summed E-state index contributed by atoms with van der Waals surface area (Å²) in [5.74, 6) is 1.35. The number of nitrogens with two attached hydrogens (primary N) is 1. The smallest absolute Gasteiger partial charge is 0.222 e. The minimum Gasteiger partial charge on any atom is -0.353 e.